The Morgan fingerprint density at radius 1 is 1.37 bits per heavy atom. The fourth-order valence-corrected chi connectivity index (χ4v) is 3.00. The van der Waals surface area contributed by atoms with Gasteiger partial charge in [-0.05, 0) is 44.0 Å². The topological polar surface area (TPSA) is 41.1 Å². The van der Waals surface area contributed by atoms with E-state index in [4.69, 9.17) is 23.2 Å². The molecule has 1 heterocycles. The summed E-state index contributed by atoms with van der Waals surface area (Å²) in [4.78, 5) is 12.3. The molecule has 0 radical (unpaired) electrons. The summed E-state index contributed by atoms with van der Waals surface area (Å²) in [6, 6.07) is 5.30. The smallest absolute Gasteiger partial charge is 0.253 e. The number of carbonyl (C=O) groups is 1. The third-order valence-corrected chi connectivity index (χ3v) is 4.24. The number of benzene rings is 1. The molecular weight excluding hydrogens is 283 g/mol. The van der Waals surface area contributed by atoms with Gasteiger partial charge in [0.2, 0.25) is 0 Å². The van der Waals surface area contributed by atoms with Gasteiger partial charge < -0.3 is 10.6 Å². The molecule has 3 atom stereocenters. The first-order chi connectivity index (χ1) is 8.99. The highest BCUT2D eigenvalue weighted by Crippen LogP contribution is 2.22. The fraction of sp³-hybridized carbons (Fsp3) is 0.500. The number of nitrogens with one attached hydrogen (secondary N) is 2. The van der Waals surface area contributed by atoms with Crippen LogP contribution in [0.2, 0.25) is 10.0 Å². The highest BCUT2D eigenvalue weighted by Gasteiger charge is 2.29. The first-order valence-corrected chi connectivity index (χ1v) is 7.24. The molecule has 3 nitrogen and oxygen atoms in total. The van der Waals surface area contributed by atoms with E-state index in [-0.39, 0.29) is 18.0 Å². The first kappa shape index (κ1) is 14.6. The van der Waals surface area contributed by atoms with Crippen molar-refractivity contribution in [2.24, 2.45) is 5.92 Å². The monoisotopic (exact) mass is 300 g/mol. The highest BCUT2D eigenvalue weighted by atomic mass is 35.5. The van der Waals surface area contributed by atoms with Gasteiger partial charge >= 0.3 is 0 Å². The lowest BCUT2D eigenvalue weighted by Crippen LogP contribution is -2.55. The van der Waals surface area contributed by atoms with E-state index in [9.17, 15) is 4.79 Å². The molecule has 5 heteroatoms. The Bertz CT molecular complexity index is 469. The average molecular weight is 301 g/mol. The van der Waals surface area contributed by atoms with Gasteiger partial charge in [0.05, 0.1) is 10.6 Å². The van der Waals surface area contributed by atoms with Gasteiger partial charge in [-0.2, -0.15) is 0 Å². The third kappa shape index (κ3) is 3.41. The number of piperidine rings is 1. The minimum Gasteiger partial charge on any atom is -0.347 e. The number of amides is 1. The first-order valence-electron chi connectivity index (χ1n) is 6.48. The molecule has 1 amide bonds. The maximum absolute atomic E-state index is 12.3. The van der Waals surface area contributed by atoms with E-state index in [2.05, 4.69) is 24.5 Å². The molecule has 1 aliphatic heterocycles. The maximum Gasteiger partial charge on any atom is 0.253 e. The van der Waals surface area contributed by atoms with Crippen molar-refractivity contribution in [1.29, 1.82) is 0 Å². The van der Waals surface area contributed by atoms with Crippen molar-refractivity contribution >= 4 is 29.1 Å². The summed E-state index contributed by atoms with van der Waals surface area (Å²) in [6.07, 6.45) is 1.06. The number of carbonyl (C=O) groups excluding carboxylic acids is 1. The van der Waals surface area contributed by atoms with Gasteiger partial charge in [-0.15, -0.1) is 0 Å². The predicted octanol–water partition coefficient (Wildman–Crippen LogP) is 3.11. The van der Waals surface area contributed by atoms with E-state index >= 15 is 0 Å². The SMILES string of the molecule is CC1CCNC(C)C1NC(=O)c1ccc(Cl)cc1Cl. The van der Waals surface area contributed by atoms with Crippen molar-refractivity contribution in [2.75, 3.05) is 6.54 Å². The number of rotatable bonds is 2. The summed E-state index contributed by atoms with van der Waals surface area (Å²) in [6.45, 7) is 5.24. The van der Waals surface area contributed by atoms with Gasteiger partial charge in [0.15, 0.2) is 0 Å². The van der Waals surface area contributed by atoms with Gasteiger partial charge in [-0.3, -0.25) is 4.79 Å². The Balaban J connectivity index is 2.11. The largest absolute Gasteiger partial charge is 0.347 e. The lowest BCUT2D eigenvalue weighted by Gasteiger charge is -2.36. The predicted molar refractivity (Wildman–Crippen MR) is 79.0 cm³/mol. The van der Waals surface area contributed by atoms with Gasteiger partial charge in [-0.25, -0.2) is 0 Å². The summed E-state index contributed by atoms with van der Waals surface area (Å²) in [7, 11) is 0. The molecule has 0 spiro atoms. The molecular formula is C14H18Cl2N2O. The Labute approximate surface area is 123 Å². The second-order valence-electron chi connectivity index (χ2n) is 5.13. The van der Waals surface area contributed by atoms with Crippen LogP contribution in [0, 0.1) is 5.92 Å². The Morgan fingerprint density at radius 3 is 2.74 bits per heavy atom. The molecule has 0 aliphatic carbocycles. The van der Waals surface area contributed by atoms with Crippen molar-refractivity contribution in [3.05, 3.63) is 33.8 Å². The molecule has 104 valence electrons. The van der Waals surface area contributed by atoms with Crippen molar-refractivity contribution in [2.45, 2.75) is 32.4 Å². The average Bonchev–Trinajstić information content (AvgIpc) is 2.33. The van der Waals surface area contributed by atoms with E-state index in [0.717, 1.165) is 13.0 Å². The van der Waals surface area contributed by atoms with E-state index < -0.39 is 0 Å². The van der Waals surface area contributed by atoms with E-state index in [1.807, 2.05) is 0 Å². The molecule has 0 bridgehead atoms. The number of halogens is 2. The lowest BCUT2D eigenvalue weighted by atomic mass is 9.89. The quantitative estimate of drug-likeness (QED) is 0.881. The van der Waals surface area contributed by atoms with E-state index in [1.165, 1.54) is 0 Å². The molecule has 1 fully saturated rings. The molecule has 1 aromatic carbocycles. The second-order valence-corrected chi connectivity index (χ2v) is 5.98. The Morgan fingerprint density at radius 2 is 2.11 bits per heavy atom. The zero-order chi connectivity index (χ0) is 14.0. The molecule has 0 aromatic heterocycles. The molecule has 1 aromatic rings. The van der Waals surface area contributed by atoms with E-state index in [1.54, 1.807) is 18.2 Å². The zero-order valence-electron chi connectivity index (χ0n) is 11.0. The Hall–Kier alpha value is -0.770. The summed E-state index contributed by atoms with van der Waals surface area (Å²) in [5.74, 6) is 0.306. The lowest BCUT2D eigenvalue weighted by molar-refractivity contribution is 0.0898. The summed E-state index contributed by atoms with van der Waals surface area (Å²) in [5.41, 5.74) is 0.469. The Kier molecular flexibility index (Phi) is 4.71. The minimum atomic E-state index is -0.144. The molecule has 1 aliphatic rings. The minimum absolute atomic E-state index is 0.119. The molecule has 3 unspecified atom stereocenters. The van der Waals surface area contributed by atoms with Crippen molar-refractivity contribution < 1.29 is 4.79 Å². The van der Waals surface area contributed by atoms with Gasteiger partial charge in [0, 0.05) is 17.1 Å². The molecule has 1 saturated heterocycles. The molecule has 0 saturated carbocycles. The van der Waals surface area contributed by atoms with Crippen LogP contribution in [0.3, 0.4) is 0 Å². The van der Waals surface area contributed by atoms with Crippen molar-refractivity contribution in [3.8, 4) is 0 Å². The van der Waals surface area contributed by atoms with Gasteiger partial charge in [0.25, 0.3) is 5.91 Å². The standard InChI is InChI=1S/C14H18Cl2N2O/c1-8-5-6-17-9(2)13(8)18-14(19)11-4-3-10(15)7-12(11)16/h3-4,7-9,13,17H,5-6H2,1-2H3,(H,18,19). The van der Waals surface area contributed by atoms with Crippen LogP contribution >= 0.6 is 23.2 Å². The fourth-order valence-electron chi connectivity index (χ4n) is 2.51. The normalized spacial score (nSPS) is 27.1. The zero-order valence-corrected chi connectivity index (χ0v) is 12.6. The van der Waals surface area contributed by atoms with Gasteiger partial charge in [-0.1, -0.05) is 30.1 Å². The number of hydrogen-bond donors (Lipinski definition) is 2. The van der Waals surface area contributed by atoms with Crippen LogP contribution < -0.4 is 10.6 Å². The van der Waals surface area contributed by atoms with Crippen LogP contribution in [0.1, 0.15) is 30.6 Å². The van der Waals surface area contributed by atoms with Crippen molar-refractivity contribution in [3.63, 3.8) is 0 Å². The summed E-state index contributed by atoms with van der Waals surface area (Å²) in [5, 5.41) is 7.35. The molecule has 19 heavy (non-hydrogen) atoms. The summed E-state index contributed by atoms with van der Waals surface area (Å²) >= 11 is 11.9. The highest BCUT2D eigenvalue weighted by molar-refractivity contribution is 6.36. The van der Waals surface area contributed by atoms with Crippen LogP contribution in [0.15, 0.2) is 18.2 Å². The van der Waals surface area contributed by atoms with Crippen LogP contribution in [-0.4, -0.2) is 24.5 Å². The second kappa shape index (κ2) is 6.12. The third-order valence-electron chi connectivity index (χ3n) is 3.69. The number of hydrogen-bond acceptors (Lipinski definition) is 2. The van der Waals surface area contributed by atoms with Crippen LogP contribution in [0.5, 0.6) is 0 Å². The summed E-state index contributed by atoms with van der Waals surface area (Å²) < 4.78 is 0. The van der Waals surface area contributed by atoms with Crippen LogP contribution in [-0.2, 0) is 0 Å². The van der Waals surface area contributed by atoms with Crippen LogP contribution in [0.4, 0.5) is 0 Å². The van der Waals surface area contributed by atoms with Crippen LogP contribution in [0.25, 0.3) is 0 Å². The molecule has 2 N–H and O–H groups in total. The van der Waals surface area contributed by atoms with Crippen molar-refractivity contribution in [1.82, 2.24) is 10.6 Å². The van der Waals surface area contributed by atoms with Gasteiger partial charge in [0.1, 0.15) is 0 Å². The molecule has 2 rings (SSSR count). The maximum atomic E-state index is 12.3. The van der Waals surface area contributed by atoms with E-state index in [0.29, 0.717) is 21.5 Å².